The first kappa shape index (κ1) is 17.7. The molecular formula is C19H29FSSi. The average Bonchev–Trinajstić information content (AvgIpc) is 2.77. The lowest BCUT2D eigenvalue weighted by atomic mass is 10.0. The van der Waals surface area contributed by atoms with Gasteiger partial charge in [0.15, 0.2) is 0 Å². The van der Waals surface area contributed by atoms with Gasteiger partial charge < -0.3 is 4.11 Å². The third kappa shape index (κ3) is 2.78. The lowest BCUT2D eigenvalue weighted by Crippen LogP contribution is -2.56. The second-order valence-corrected chi connectivity index (χ2v) is 15.0. The molecule has 0 aliphatic rings. The Bertz CT molecular complexity index is 657. The zero-order valence-corrected chi connectivity index (χ0v) is 17.0. The van der Waals surface area contributed by atoms with Crippen LogP contribution in [0.3, 0.4) is 0 Å². The molecule has 0 unspecified atom stereocenters. The average molecular weight is 337 g/mol. The van der Waals surface area contributed by atoms with Crippen molar-refractivity contribution in [1.82, 2.24) is 0 Å². The molecule has 0 aliphatic carbocycles. The van der Waals surface area contributed by atoms with E-state index in [2.05, 4.69) is 79.7 Å². The molecule has 0 saturated heterocycles. The smallest absolute Gasteiger partial charge is 0.297 e. The van der Waals surface area contributed by atoms with E-state index in [0.717, 1.165) is 4.50 Å². The topological polar surface area (TPSA) is 0 Å². The Balaban J connectivity index is 2.66. The molecule has 0 spiro atoms. The highest BCUT2D eigenvalue weighted by molar-refractivity contribution is 7.31. The van der Waals surface area contributed by atoms with Gasteiger partial charge in [0.2, 0.25) is 0 Å². The number of halogens is 1. The van der Waals surface area contributed by atoms with Gasteiger partial charge in [-0.3, -0.25) is 0 Å². The van der Waals surface area contributed by atoms with Crippen molar-refractivity contribution in [2.45, 2.75) is 71.4 Å². The fourth-order valence-corrected chi connectivity index (χ4v) is 11.1. The van der Waals surface area contributed by atoms with Gasteiger partial charge in [-0.15, -0.1) is 11.3 Å². The summed E-state index contributed by atoms with van der Waals surface area (Å²) >= 11 is 1.67. The number of thiophene rings is 1. The van der Waals surface area contributed by atoms with Gasteiger partial charge in [-0.25, -0.2) is 0 Å². The molecule has 2 aromatic rings. The first-order chi connectivity index (χ1) is 9.88. The Morgan fingerprint density at radius 1 is 0.955 bits per heavy atom. The van der Waals surface area contributed by atoms with Gasteiger partial charge in [-0.05, 0) is 39.1 Å². The van der Waals surface area contributed by atoms with Gasteiger partial charge in [0, 0.05) is 9.20 Å². The van der Waals surface area contributed by atoms with E-state index in [1.54, 1.807) is 11.3 Å². The Kier molecular flexibility index (Phi) is 4.38. The van der Waals surface area contributed by atoms with E-state index in [9.17, 15) is 0 Å². The Morgan fingerprint density at radius 2 is 1.50 bits per heavy atom. The molecule has 2 rings (SSSR count). The Hall–Kier alpha value is -0.673. The number of hydrogen-bond acceptors (Lipinski definition) is 1. The molecule has 1 aromatic heterocycles. The van der Waals surface area contributed by atoms with Crippen LogP contribution in [0.2, 0.25) is 10.1 Å². The minimum atomic E-state index is -3.14. The summed E-state index contributed by atoms with van der Waals surface area (Å²) < 4.78 is 18.6. The van der Waals surface area contributed by atoms with Crippen LogP contribution in [0.5, 0.6) is 0 Å². The zero-order chi connectivity index (χ0) is 16.9. The van der Waals surface area contributed by atoms with E-state index in [0.29, 0.717) is 5.92 Å². The minimum Gasteiger partial charge on any atom is -0.306 e. The molecule has 0 nitrogen and oxygen atoms in total. The highest BCUT2D eigenvalue weighted by Crippen LogP contribution is 2.52. The van der Waals surface area contributed by atoms with Gasteiger partial charge in [-0.2, -0.15) is 0 Å². The molecular weight excluding hydrogens is 307 g/mol. The summed E-state index contributed by atoms with van der Waals surface area (Å²) in [5.74, 6) is 0.505. The number of benzene rings is 1. The van der Waals surface area contributed by atoms with Crippen molar-refractivity contribution >= 4 is 34.3 Å². The van der Waals surface area contributed by atoms with Crippen LogP contribution in [0.25, 0.3) is 10.1 Å². The normalized spacial score (nSPS) is 14.1. The van der Waals surface area contributed by atoms with Gasteiger partial charge in [0.25, 0.3) is 8.41 Å². The molecule has 0 N–H and O–H groups in total. The first-order valence-electron chi connectivity index (χ1n) is 8.11. The molecule has 0 atom stereocenters. The largest absolute Gasteiger partial charge is 0.306 e. The molecule has 0 saturated carbocycles. The first-order valence-corrected chi connectivity index (χ1v) is 10.8. The van der Waals surface area contributed by atoms with E-state index < -0.39 is 8.41 Å². The number of rotatable bonds is 2. The fraction of sp³-hybridized carbons (Fsp3) is 0.579. The predicted octanol–water partition coefficient (Wildman–Crippen LogP) is 6.75. The van der Waals surface area contributed by atoms with Crippen molar-refractivity contribution in [3.63, 3.8) is 0 Å². The molecule has 0 aliphatic heterocycles. The lowest BCUT2D eigenvalue weighted by molar-refractivity contribution is 0.536. The summed E-state index contributed by atoms with van der Waals surface area (Å²) in [6.45, 7) is 16.8. The SMILES string of the molecule is CC(C)c1ccc2sc([Si](F)(C(C)(C)C)C(C)(C)C)cc2c1. The third-order valence-corrected chi connectivity index (χ3v) is 11.7. The van der Waals surface area contributed by atoms with Crippen molar-refractivity contribution in [3.8, 4) is 0 Å². The van der Waals surface area contributed by atoms with Crippen molar-refractivity contribution in [2.24, 2.45) is 0 Å². The van der Waals surface area contributed by atoms with E-state index in [1.807, 2.05) is 0 Å². The summed E-state index contributed by atoms with van der Waals surface area (Å²) in [7, 11) is -3.14. The fourth-order valence-electron chi connectivity index (χ4n) is 3.45. The minimum absolute atomic E-state index is 0.312. The highest BCUT2D eigenvalue weighted by atomic mass is 32.1. The maximum absolute atomic E-state index is 16.4. The van der Waals surface area contributed by atoms with Crippen molar-refractivity contribution in [2.75, 3.05) is 0 Å². The Morgan fingerprint density at radius 3 is 1.95 bits per heavy atom. The van der Waals surface area contributed by atoms with Gasteiger partial charge in [0.1, 0.15) is 0 Å². The summed E-state index contributed by atoms with van der Waals surface area (Å²) in [5.41, 5.74) is 1.33. The maximum atomic E-state index is 16.4. The van der Waals surface area contributed by atoms with Crippen LogP contribution in [0.4, 0.5) is 4.11 Å². The number of hydrogen-bond donors (Lipinski definition) is 0. The second kappa shape index (κ2) is 5.45. The lowest BCUT2D eigenvalue weighted by Gasteiger charge is -2.43. The third-order valence-electron chi connectivity index (χ3n) is 4.61. The van der Waals surface area contributed by atoms with E-state index in [4.69, 9.17) is 0 Å². The van der Waals surface area contributed by atoms with Crippen molar-refractivity contribution in [1.29, 1.82) is 0 Å². The van der Waals surface area contributed by atoms with Crippen LogP contribution < -0.4 is 4.50 Å². The molecule has 3 heteroatoms. The summed E-state index contributed by atoms with van der Waals surface area (Å²) in [6, 6.07) is 8.72. The standard InChI is InChI=1S/C19H29FSSi/c1-13(2)14-9-10-16-15(11-14)12-17(21-16)22(20,18(3,4)5)19(6,7)8/h9-13H,1-8H3. The van der Waals surface area contributed by atoms with Gasteiger partial charge in [0.05, 0.1) is 0 Å². The quantitative estimate of drug-likeness (QED) is 0.420. The predicted molar refractivity (Wildman–Crippen MR) is 102 cm³/mol. The van der Waals surface area contributed by atoms with E-state index >= 15 is 4.11 Å². The molecule has 122 valence electrons. The second-order valence-electron chi connectivity index (χ2n) is 8.72. The monoisotopic (exact) mass is 336 g/mol. The molecule has 1 heterocycles. The van der Waals surface area contributed by atoms with E-state index in [1.165, 1.54) is 15.6 Å². The molecule has 22 heavy (non-hydrogen) atoms. The van der Waals surface area contributed by atoms with Crippen molar-refractivity contribution < 1.29 is 4.11 Å². The molecule has 1 aromatic carbocycles. The molecule has 0 amide bonds. The molecule has 0 fully saturated rings. The van der Waals surface area contributed by atoms with Crippen LogP contribution in [0.1, 0.15) is 66.9 Å². The van der Waals surface area contributed by atoms with Crippen molar-refractivity contribution in [3.05, 3.63) is 29.8 Å². The van der Waals surface area contributed by atoms with E-state index in [-0.39, 0.29) is 10.1 Å². The molecule has 0 bridgehead atoms. The number of fused-ring (bicyclic) bond motifs is 1. The van der Waals surface area contributed by atoms with Gasteiger partial charge >= 0.3 is 0 Å². The Labute approximate surface area is 139 Å². The van der Waals surface area contributed by atoms with Crippen LogP contribution in [-0.4, -0.2) is 8.41 Å². The van der Waals surface area contributed by atoms with Gasteiger partial charge in [-0.1, -0.05) is 67.5 Å². The van der Waals surface area contributed by atoms with Crippen LogP contribution >= 0.6 is 11.3 Å². The van der Waals surface area contributed by atoms with Crippen LogP contribution in [-0.2, 0) is 0 Å². The van der Waals surface area contributed by atoms with Crippen LogP contribution in [0.15, 0.2) is 24.3 Å². The maximum Gasteiger partial charge on any atom is 0.297 e. The molecule has 0 radical (unpaired) electrons. The summed E-state index contributed by atoms with van der Waals surface area (Å²) in [4.78, 5) is 0. The zero-order valence-electron chi connectivity index (χ0n) is 15.2. The summed E-state index contributed by atoms with van der Waals surface area (Å²) in [5, 5.41) is 0.578. The summed E-state index contributed by atoms with van der Waals surface area (Å²) in [6.07, 6.45) is 0. The van der Waals surface area contributed by atoms with Crippen LogP contribution in [0, 0.1) is 0 Å². The highest BCUT2D eigenvalue weighted by Gasteiger charge is 2.57.